The Labute approximate surface area is 130 Å². The van der Waals surface area contributed by atoms with Gasteiger partial charge in [-0.2, -0.15) is 0 Å². The van der Waals surface area contributed by atoms with Gasteiger partial charge in [0.25, 0.3) is 0 Å². The summed E-state index contributed by atoms with van der Waals surface area (Å²) in [7, 11) is 0. The predicted octanol–water partition coefficient (Wildman–Crippen LogP) is 3.58. The summed E-state index contributed by atoms with van der Waals surface area (Å²) in [5, 5.41) is 0.446. The molecule has 0 aromatic carbocycles. The lowest BCUT2D eigenvalue weighted by molar-refractivity contribution is 0.127. The Kier molecular flexibility index (Phi) is 5.42. The SMILES string of the molecule is CCCCNn1c(COCC)nc2c(Cl)nc(C)c(C)c21. The van der Waals surface area contributed by atoms with Gasteiger partial charge in [-0.25, -0.2) is 14.6 Å². The van der Waals surface area contributed by atoms with Crippen LogP contribution in [0.1, 0.15) is 43.8 Å². The third-order valence-electron chi connectivity index (χ3n) is 3.54. The van der Waals surface area contributed by atoms with Crippen LogP contribution in [-0.2, 0) is 11.3 Å². The van der Waals surface area contributed by atoms with Crippen molar-refractivity contribution < 1.29 is 4.74 Å². The van der Waals surface area contributed by atoms with Crippen LogP contribution >= 0.6 is 11.6 Å². The topological polar surface area (TPSA) is 52.0 Å². The number of ether oxygens (including phenoxy) is 1. The Bertz CT molecular complexity index is 624. The van der Waals surface area contributed by atoms with Crippen LogP contribution in [0.15, 0.2) is 0 Å². The zero-order chi connectivity index (χ0) is 15.4. The number of nitrogens with zero attached hydrogens (tertiary/aromatic N) is 3. The van der Waals surface area contributed by atoms with E-state index >= 15 is 0 Å². The zero-order valence-corrected chi connectivity index (χ0v) is 13.9. The Morgan fingerprint density at radius 1 is 1.24 bits per heavy atom. The predicted molar refractivity (Wildman–Crippen MR) is 86.5 cm³/mol. The molecule has 0 aliphatic carbocycles. The molecular formula is C15H23ClN4O. The molecule has 0 amide bonds. The van der Waals surface area contributed by atoms with Gasteiger partial charge in [0, 0.05) is 18.8 Å². The highest BCUT2D eigenvalue weighted by atomic mass is 35.5. The summed E-state index contributed by atoms with van der Waals surface area (Å²) in [4.78, 5) is 8.96. The second kappa shape index (κ2) is 7.09. The van der Waals surface area contributed by atoms with Gasteiger partial charge in [-0.1, -0.05) is 24.9 Å². The maximum absolute atomic E-state index is 6.26. The van der Waals surface area contributed by atoms with E-state index in [0.717, 1.165) is 47.5 Å². The maximum Gasteiger partial charge on any atom is 0.157 e. The molecule has 21 heavy (non-hydrogen) atoms. The molecule has 0 saturated carbocycles. The van der Waals surface area contributed by atoms with Gasteiger partial charge in [0.2, 0.25) is 0 Å². The largest absolute Gasteiger partial charge is 0.374 e. The molecule has 0 aliphatic heterocycles. The fourth-order valence-electron chi connectivity index (χ4n) is 2.24. The van der Waals surface area contributed by atoms with Gasteiger partial charge in [-0.3, -0.25) is 0 Å². The molecule has 2 aromatic rings. The molecule has 0 unspecified atom stereocenters. The van der Waals surface area contributed by atoms with Crippen molar-refractivity contribution in [3.05, 3.63) is 22.2 Å². The van der Waals surface area contributed by atoms with Crippen molar-refractivity contribution in [1.29, 1.82) is 0 Å². The monoisotopic (exact) mass is 310 g/mol. The fourth-order valence-corrected chi connectivity index (χ4v) is 2.50. The van der Waals surface area contributed by atoms with Crippen molar-refractivity contribution in [1.82, 2.24) is 14.6 Å². The number of unbranched alkanes of at least 4 members (excludes halogenated alkanes) is 1. The van der Waals surface area contributed by atoms with E-state index in [1.54, 1.807) is 0 Å². The van der Waals surface area contributed by atoms with Crippen LogP contribution in [0.25, 0.3) is 11.0 Å². The lowest BCUT2D eigenvalue weighted by Crippen LogP contribution is -2.19. The first-order chi connectivity index (χ1) is 10.1. The number of fused-ring (bicyclic) bond motifs is 1. The average Bonchev–Trinajstić information content (AvgIpc) is 2.82. The minimum atomic E-state index is 0.446. The van der Waals surface area contributed by atoms with E-state index in [1.807, 2.05) is 25.4 Å². The minimum absolute atomic E-state index is 0.446. The summed E-state index contributed by atoms with van der Waals surface area (Å²) in [6.07, 6.45) is 2.24. The standard InChI is InChI=1S/C15H23ClN4O/c1-5-7-8-17-20-12(9-21-6-2)19-13-14(20)10(3)11(4)18-15(13)16/h17H,5-9H2,1-4H3. The van der Waals surface area contributed by atoms with Crippen LogP contribution in [-0.4, -0.2) is 27.8 Å². The highest BCUT2D eigenvalue weighted by Gasteiger charge is 2.17. The number of imidazole rings is 1. The molecule has 0 radical (unpaired) electrons. The molecule has 5 nitrogen and oxygen atoms in total. The number of pyridine rings is 1. The molecule has 6 heteroatoms. The second-order valence-corrected chi connectivity index (χ2v) is 5.43. The Balaban J connectivity index is 2.52. The van der Waals surface area contributed by atoms with Crippen molar-refractivity contribution in [2.24, 2.45) is 0 Å². The second-order valence-electron chi connectivity index (χ2n) is 5.07. The Morgan fingerprint density at radius 3 is 2.67 bits per heavy atom. The molecule has 2 rings (SSSR count). The summed E-state index contributed by atoms with van der Waals surface area (Å²) < 4.78 is 7.53. The molecule has 0 saturated heterocycles. The number of hydrogen-bond donors (Lipinski definition) is 1. The summed E-state index contributed by atoms with van der Waals surface area (Å²) in [6.45, 7) is 10.2. The van der Waals surface area contributed by atoms with E-state index in [4.69, 9.17) is 16.3 Å². The molecule has 116 valence electrons. The molecule has 2 aromatic heterocycles. The number of hydrogen-bond acceptors (Lipinski definition) is 4. The maximum atomic E-state index is 6.26. The van der Waals surface area contributed by atoms with E-state index < -0.39 is 0 Å². The molecule has 2 heterocycles. The van der Waals surface area contributed by atoms with Gasteiger partial charge >= 0.3 is 0 Å². The van der Waals surface area contributed by atoms with Crippen LogP contribution in [0, 0.1) is 13.8 Å². The highest BCUT2D eigenvalue weighted by Crippen LogP contribution is 2.26. The molecule has 0 bridgehead atoms. The normalized spacial score (nSPS) is 11.3. The van der Waals surface area contributed by atoms with Crippen molar-refractivity contribution >= 4 is 22.6 Å². The summed E-state index contributed by atoms with van der Waals surface area (Å²) in [6, 6.07) is 0. The van der Waals surface area contributed by atoms with Crippen LogP contribution in [0.4, 0.5) is 0 Å². The number of rotatable bonds is 7. The molecular weight excluding hydrogens is 288 g/mol. The highest BCUT2D eigenvalue weighted by molar-refractivity contribution is 6.33. The third-order valence-corrected chi connectivity index (χ3v) is 3.81. The van der Waals surface area contributed by atoms with E-state index in [0.29, 0.717) is 18.4 Å². The van der Waals surface area contributed by atoms with Crippen LogP contribution in [0.2, 0.25) is 5.15 Å². The van der Waals surface area contributed by atoms with E-state index in [1.165, 1.54) is 0 Å². The number of nitrogens with one attached hydrogen (secondary N) is 1. The first kappa shape index (κ1) is 16.0. The van der Waals surface area contributed by atoms with E-state index in [2.05, 4.69) is 22.3 Å². The first-order valence-electron chi connectivity index (χ1n) is 7.45. The van der Waals surface area contributed by atoms with Gasteiger partial charge in [0.05, 0.1) is 5.52 Å². The smallest absolute Gasteiger partial charge is 0.157 e. The summed E-state index contributed by atoms with van der Waals surface area (Å²) in [5.41, 5.74) is 7.18. The van der Waals surface area contributed by atoms with Crippen molar-refractivity contribution in [2.45, 2.75) is 47.1 Å². The lowest BCUT2D eigenvalue weighted by Gasteiger charge is -2.13. The van der Waals surface area contributed by atoms with E-state index in [-0.39, 0.29) is 0 Å². The van der Waals surface area contributed by atoms with Crippen molar-refractivity contribution in [2.75, 3.05) is 18.6 Å². The average molecular weight is 311 g/mol. The third kappa shape index (κ3) is 3.30. The van der Waals surface area contributed by atoms with E-state index in [9.17, 15) is 0 Å². The zero-order valence-electron chi connectivity index (χ0n) is 13.2. The molecule has 0 fully saturated rings. The Hall–Kier alpha value is -1.33. The van der Waals surface area contributed by atoms with Gasteiger partial charge in [0.15, 0.2) is 11.0 Å². The van der Waals surface area contributed by atoms with Crippen LogP contribution < -0.4 is 5.43 Å². The summed E-state index contributed by atoms with van der Waals surface area (Å²) >= 11 is 6.26. The van der Waals surface area contributed by atoms with Gasteiger partial charge < -0.3 is 10.2 Å². The van der Waals surface area contributed by atoms with Crippen LogP contribution in [0.5, 0.6) is 0 Å². The molecule has 0 atom stereocenters. The fraction of sp³-hybridized carbons (Fsp3) is 0.600. The number of aryl methyl sites for hydroxylation is 2. The van der Waals surface area contributed by atoms with Gasteiger partial charge in [-0.15, -0.1) is 0 Å². The first-order valence-corrected chi connectivity index (χ1v) is 7.83. The molecule has 0 aliphatic rings. The van der Waals surface area contributed by atoms with Gasteiger partial charge in [-0.05, 0) is 32.8 Å². The van der Waals surface area contributed by atoms with Gasteiger partial charge in [0.1, 0.15) is 12.1 Å². The summed E-state index contributed by atoms with van der Waals surface area (Å²) in [5.74, 6) is 0.834. The van der Waals surface area contributed by atoms with Crippen LogP contribution in [0.3, 0.4) is 0 Å². The molecule has 1 N–H and O–H groups in total. The number of aromatic nitrogens is 3. The van der Waals surface area contributed by atoms with Crippen molar-refractivity contribution in [3.63, 3.8) is 0 Å². The number of halogens is 1. The lowest BCUT2D eigenvalue weighted by atomic mass is 10.2. The Morgan fingerprint density at radius 2 is 2.00 bits per heavy atom. The van der Waals surface area contributed by atoms with Crippen molar-refractivity contribution in [3.8, 4) is 0 Å². The quantitative estimate of drug-likeness (QED) is 0.627. The minimum Gasteiger partial charge on any atom is -0.374 e. The molecule has 0 spiro atoms.